The van der Waals surface area contributed by atoms with Gasteiger partial charge in [0.1, 0.15) is 30.1 Å². The maximum absolute atomic E-state index is 13.6. The standard InChI is InChI=1S/C26H22F2N6O3/c1-26(29)10-36-19-6-12(9-30-23(19)26)15-8-16-21-14-7-17(22(21)32-34(16)11-31-15)33(2)24(35)13-4-3-5-18(20(13)14)37-25(27)28/h3-6,8-9,11,14,17,25H,7,10,29H2,1-2H3/t14-,17-,26-/m1/s1/i2D3. The molecular weight excluding hydrogens is 482 g/mol. The first-order valence-electron chi connectivity index (χ1n) is 13.2. The van der Waals surface area contributed by atoms with Gasteiger partial charge in [-0.05, 0) is 37.6 Å². The van der Waals surface area contributed by atoms with Crippen LogP contribution in [0.2, 0.25) is 0 Å². The lowest BCUT2D eigenvalue weighted by Crippen LogP contribution is -2.35. The van der Waals surface area contributed by atoms with Crippen molar-refractivity contribution in [2.75, 3.05) is 13.6 Å². The van der Waals surface area contributed by atoms with Crippen LogP contribution in [-0.2, 0) is 5.54 Å². The molecule has 0 unspecified atom stereocenters. The molecule has 2 N–H and O–H groups in total. The topological polar surface area (TPSA) is 108 Å². The summed E-state index contributed by atoms with van der Waals surface area (Å²) in [6, 6.07) is 6.87. The maximum atomic E-state index is 13.6. The number of fused-ring (bicyclic) bond motifs is 10. The predicted molar refractivity (Wildman–Crippen MR) is 128 cm³/mol. The minimum atomic E-state index is -3.13. The van der Waals surface area contributed by atoms with Gasteiger partial charge in [-0.2, -0.15) is 13.9 Å². The molecule has 0 saturated heterocycles. The number of nitrogens with zero attached hydrogens (tertiary/aromatic N) is 5. The van der Waals surface area contributed by atoms with Crippen molar-refractivity contribution in [3.8, 4) is 22.8 Å². The molecular formula is C26H22F2N6O3. The second-order valence-electron chi connectivity index (χ2n) is 9.75. The van der Waals surface area contributed by atoms with Gasteiger partial charge in [0.05, 0.1) is 28.5 Å². The molecule has 9 nitrogen and oxygen atoms in total. The molecule has 7 rings (SSSR count). The van der Waals surface area contributed by atoms with Crippen LogP contribution in [0, 0.1) is 0 Å². The zero-order valence-corrected chi connectivity index (χ0v) is 19.5. The van der Waals surface area contributed by atoms with Gasteiger partial charge in [-0.1, -0.05) is 6.07 Å². The van der Waals surface area contributed by atoms with E-state index in [1.165, 1.54) is 29.0 Å². The predicted octanol–water partition coefficient (Wildman–Crippen LogP) is 3.62. The van der Waals surface area contributed by atoms with E-state index in [4.69, 9.17) is 19.3 Å². The second kappa shape index (κ2) is 7.45. The quantitative estimate of drug-likeness (QED) is 0.451. The number of halogens is 2. The van der Waals surface area contributed by atoms with Gasteiger partial charge in [-0.25, -0.2) is 9.50 Å². The van der Waals surface area contributed by atoms with E-state index in [2.05, 4.69) is 15.1 Å². The van der Waals surface area contributed by atoms with Gasteiger partial charge >= 0.3 is 6.61 Å². The van der Waals surface area contributed by atoms with Gasteiger partial charge in [0, 0.05) is 45.5 Å². The number of amides is 1. The van der Waals surface area contributed by atoms with E-state index in [-0.39, 0.29) is 23.3 Å². The lowest BCUT2D eigenvalue weighted by atomic mass is 9.88. The fourth-order valence-electron chi connectivity index (χ4n) is 5.68. The number of hydrogen-bond donors (Lipinski definition) is 1. The van der Waals surface area contributed by atoms with E-state index in [0.29, 0.717) is 46.1 Å². The van der Waals surface area contributed by atoms with Crippen molar-refractivity contribution in [1.29, 1.82) is 0 Å². The Labute approximate surface area is 214 Å². The van der Waals surface area contributed by atoms with E-state index in [1.807, 2.05) is 6.92 Å². The van der Waals surface area contributed by atoms with Crippen molar-refractivity contribution >= 4 is 11.4 Å². The van der Waals surface area contributed by atoms with Crippen molar-refractivity contribution in [3.05, 3.63) is 70.9 Å². The number of ether oxygens (including phenoxy) is 2. The monoisotopic (exact) mass is 507 g/mol. The lowest BCUT2D eigenvalue weighted by Gasteiger charge is -2.23. The smallest absolute Gasteiger partial charge is 0.387 e. The van der Waals surface area contributed by atoms with E-state index < -0.39 is 37.0 Å². The molecule has 1 aliphatic carbocycles. The molecule has 3 aliphatic rings. The Morgan fingerprint density at radius 1 is 1.30 bits per heavy atom. The normalized spacial score (nSPS) is 25.2. The molecule has 4 aromatic rings. The number of pyridine rings is 1. The third-order valence-electron chi connectivity index (χ3n) is 7.33. The van der Waals surface area contributed by atoms with Crippen molar-refractivity contribution in [2.24, 2.45) is 5.73 Å². The molecule has 188 valence electrons. The highest BCUT2D eigenvalue weighted by atomic mass is 19.3. The first-order valence-corrected chi connectivity index (χ1v) is 11.7. The first kappa shape index (κ1) is 19.1. The van der Waals surface area contributed by atoms with Crippen molar-refractivity contribution < 1.29 is 27.2 Å². The number of hydrogen-bond acceptors (Lipinski definition) is 7. The van der Waals surface area contributed by atoms with Crippen LogP contribution in [0.25, 0.3) is 16.8 Å². The van der Waals surface area contributed by atoms with E-state index >= 15 is 0 Å². The van der Waals surface area contributed by atoms with Crippen LogP contribution in [0.5, 0.6) is 11.5 Å². The number of rotatable bonds is 3. The summed E-state index contributed by atoms with van der Waals surface area (Å²) in [5, 5.41) is 4.62. The summed E-state index contributed by atoms with van der Waals surface area (Å²) in [6.45, 7) is -3.80. The average Bonchev–Trinajstić information content (AvgIpc) is 3.49. The Kier molecular flexibility index (Phi) is 3.84. The van der Waals surface area contributed by atoms with Crippen LogP contribution in [0.3, 0.4) is 0 Å². The van der Waals surface area contributed by atoms with E-state index in [1.54, 1.807) is 18.3 Å². The van der Waals surface area contributed by atoms with Gasteiger partial charge in [0.15, 0.2) is 0 Å². The molecule has 37 heavy (non-hydrogen) atoms. The fourth-order valence-corrected chi connectivity index (χ4v) is 5.68. The number of nitrogens with two attached hydrogens (primary N) is 1. The number of benzene rings is 1. The Morgan fingerprint density at radius 2 is 2.16 bits per heavy atom. The number of aromatic nitrogens is 4. The Bertz CT molecular complexity index is 1720. The molecule has 0 fully saturated rings. The molecule has 3 atom stereocenters. The van der Waals surface area contributed by atoms with Crippen LogP contribution in [0.15, 0.2) is 42.9 Å². The zero-order valence-electron chi connectivity index (χ0n) is 22.5. The second-order valence-corrected chi connectivity index (χ2v) is 9.75. The lowest BCUT2D eigenvalue weighted by molar-refractivity contribution is -0.0505. The van der Waals surface area contributed by atoms with Crippen LogP contribution < -0.4 is 15.2 Å². The van der Waals surface area contributed by atoms with Crippen LogP contribution in [-0.4, -0.2) is 50.6 Å². The highest BCUT2D eigenvalue weighted by molar-refractivity contribution is 5.98. The molecule has 1 amide bonds. The minimum absolute atomic E-state index is 0.00543. The zero-order chi connectivity index (χ0) is 28.1. The van der Waals surface area contributed by atoms with Gasteiger partial charge < -0.3 is 20.1 Å². The van der Waals surface area contributed by atoms with Crippen molar-refractivity contribution in [2.45, 2.75) is 37.5 Å². The Morgan fingerprint density at radius 3 is 2.97 bits per heavy atom. The minimum Gasteiger partial charge on any atom is -0.489 e. The van der Waals surface area contributed by atoms with Crippen LogP contribution in [0.4, 0.5) is 8.78 Å². The first-order chi connectivity index (χ1) is 18.9. The average molecular weight is 508 g/mol. The number of alkyl halides is 2. The highest BCUT2D eigenvalue weighted by Crippen LogP contribution is 2.53. The summed E-state index contributed by atoms with van der Waals surface area (Å²) in [5.41, 5.74) is 9.21. The molecule has 0 saturated carbocycles. The fraction of sp³-hybridized carbons (Fsp3) is 0.308. The third kappa shape index (κ3) is 3.10. The molecule has 11 heteroatoms. The summed E-state index contributed by atoms with van der Waals surface area (Å²) in [4.78, 5) is 23.4. The molecule has 5 heterocycles. The highest BCUT2D eigenvalue weighted by Gasteiger charge is 2.46. The van der Waals surface area contributed by atoms with E-state index in [0.717, 1.165) is 4.90 Å². The van der Waals surface area contributed by atoms with Gasteiger partial charge in [-0.3, -0.25) is 9.78 Å². The number of carbonyl (C=O) groups is 1. The van der Waals surface area contributed by atoms with Crippen molar-refractivity contribution in [1.82, 2.24) is 24.5 Å². The SMILES string of the molecule is [2H]C([2H])([2H])N1C(=O)c2cccc(OC(F)F)c2[C@H]2C[C@@H]1c1nn3cnc(-c4cnc5c(c4)OC[C@@]5(C)N)cc3c12. The summed E-state index contributed by atoms with van der Waals surface area (Å²) in [6.07, 6.45) is 3.28. The molecule has 1 aromatic carbocycles. The van der Waals surface area contributed by atoms with Gasteiger partial charge in [0.2, 0.25) is 0 Å². The van der Waals surface area contributed by atoms with E-state index in [9.17, 15) is 13.6 Å². The Hall–Kier alpha value is -4.12. The summed E-state index contributed by atoms with van der Waals surface area (Å²) in [7, 11) is 0. The van der Waals surface area contributed by atoms with Crippen LogP contribution >= 0.6 is 0 Å². The van der Waals surface area contributed by atoms with Gasteiger partial charge in [0.25, 0.3) is 5.91 Å². The van der Waals surface area contributed by atoms with Gasteiger partial charge in [-0.15, -0.1) is 0 Å². The molecule has 0 radical (unpaired) electrons. The largest absolute Gasteiger partial charge is 0.489 e. The Balaban J connectivity index is 1.43. The molecule has 2 bridgehead atoms. The van der Waals surface area contributed by atoms with Crippen molar-refractivity contribution in [3.63, 3.8) is 0 Å². The van der Waals surface area contributed by atoms with Crippen LogP contribution in [0.1, 0.15) is 62.3 Å². The maximum Gasteiger partial charge on any atom is 0.387 e. The molecule has 0 spiro atoms. The number of carbonyl (C=O) groups excluding carboxylic acids is 1. The molecule has 3 aromatic heterocycles. The summed E-state index contributed by atoms with van der Waals surface area (Å²) in [5.74, 6) is -1.04. The summed E-state index contributed by atoms with van der Waals surface area (Å²) >= 11 is 0. The third-order valence-corrected chi connectivity index (χ3v) is 7.33. The summed E-state index contributed by atoms with van der Waals surface area (Å²) < 4.78 is 63.3. The molecule has 2 aliphatic heterocycles.